The molecule has 0 radical (unpaired) electrons. The van der Waals surface area contributed by atoms with Crippen molar-refractivity contribution in [1.29, 1.82) is 0 Å². The smallest absolute Gasteiger partial charge is 0.224 e. The summed E-state index contributed by atoms with van der Waals surface area (Å²) in [5.74, 6) is 2.31. The van der Waals surface area contributed by atoms with E-state index in [1.165, 1.54) is 19.3 Å². The van der Waals surface area contributed by atoms with Gasteiger partial charge in [0.15, 0.2) is 0 Å². The molecule has 4 saturated carbocycles. The molecule has 2 unspecified atom stereocenters. The zero-order valence-corrected chi connectivity index (χ0v) is 9.75. The van der Waals surface area contributed by atoms with Crippen LogP contribution in [-0.4, -0.2) is 5.91 Å². The molecule has 0 aromatic carbocycles. The van der Waals surface area contributed by atoms with E-state index in [-0.39, 0.29) is 16.7 Å². The van der Waals surface area contributed by atoms with Gasteiger partial charge in [-0.3, -0.25) is 4.79 Å². The first-order valence-corrected chi connectivity index (χ1v) is 6.25. The third kappa shape index (κ3) is 0.982. The van der Waals surface area contributed by atoms with Crippen molar-refractivity contribution in [2.45, 2.75) is 46.0 Å². The average Bonchev–Trinajstić information content (AvgIpc) is 2.13. The Kier molecular flexibility index (Phi) is 1.67. The number of carbonyl (C=O) groups excluding carboxylic acids is 1. The molecular formula is C13H21NO. The lowest BCUT2D eigenvalue weighted by Crippen LogP contribution is -2.62. The Balaban J connectivity index is 2.08. The van der Waals surface area contributed by atoms with Crippen LogP contribution in [0, 0.1) is 28.6 Å². The average molecular weight is 207 g/mol. The maximum Gasteiger partial charge on any atom is 0.224 e. The third-order valence-corrected chi connectivity index (χ3v) is 5.90. The van der Waals surface area contributed by atoms with Crippen molar-refractivity contribution >= 4 is 5.91 Å². The number of hydrogen-bond donors (Lipinski definition) is 1. The molecule has 2 N–H and O–H groups in total. The molecule has 0 aromatic rings. The molecule has 0 heterocycles. The van der Waals surface area contributed by atoms with Gasteiger partial charge in [-0.05, 0) is 55.3 Å². The zero-order chi connectivity index (χ0) is 10.8. The molecule has 4 rings (SSSR count). The maximum atomic E-state index is 11.9. The number of nitrogens with two attached hydrogens (primary N) is 1. The quantitative estimate of drug-likeness (QED) is 0.704. The fourth-order valence-electron chi connectivity index (χ4n) is 4.99. The number of hydrogen-bond acceptors (Lipinski definition) is 1. The van der Waals surface area contributed by atoms with Gasteiger partial charge < -0.3 is 5.73 Å². The number of primary amides is 1. The van der Waals surface area contributed by atoms with E-state index in [0.29, 0.717) is 0 Å². The molecule has 4 bridgehead atoms. The minimum Gasteiger partial charge on any atom is -0.369 e. The van der Waals surface area contributed by atoms with E-state index < -0.39 is 0 Å². The summed E-state index contributed by atoms with van der Waals surface area (Å²) >= 11 is 0. The van der Waals surface area contributed by atoms with Crippen LogP contribution in [0.3, 0.4) is 0 Å². The van der Waals surface area contributed by atoms with E-state index in [2.05, 4.69) is 13.8 Å². The van der Waals surface area contributed by atoms with Crippen LogP contribution in [0.5, 0.6) is 0 Å². The van der Waals surface area contributed by atoms with Crippen molar-refractivity contribution in [3.63, 3.8) is 0 Å². The second-order valence-corrected chi connectivity index (χ2v) is 6.71. The van der Waals surface area contributed by atoms with Gasteiger partial charge in [-0.15, -0.1) is 0 Å². The molecule has 0 spiro atoms. The molecule has 4 aliphatic rings. The summed E-state index contributed by atoms with van der Waals surface area (Å²) in [6.45, 7) is 4.56. The molecular weight excluding hydrogens is 186 g/mol. The van der Waals surface area contributed by atoms with E-state index in [9.17, 15) is 4.79 Å². The zero-order valence-electron chi connectivity index (χ0n) is 9.75. The summed E-state index contributed by atoms with van der Waals surface area (Å²) in [5.41, 5.74) is 5.71. The second-order valence-electron chi connectivity index (χ2n) is 6.71. The van der Waals surface area contributed by atoms with Crippen molar-refractivity contribution in [2.24, 2.45) is 34.3 Å². The Hall–Kier alpha value is -0.530. The van der Waals surface area contributed by atoms with E-state index in [4.69, 9.17) is 5.73 Å². The standard InChI is InChI=1S/C13H21NO/c1-12(2)10-4-8-3-9(5-10)7-13(12,6-8)11(14)15/h8-10H,3-7H2,1-2H3,(H2,14,15). The van der Waals surface area contributed by atoms with Gasteiger partial charge in [0.1, 0.15) is 0 Å². The Labute approximate surface area is 91.6 Å². The lowest BCUT2D eigenvalue weighted by Gasteiger charge is -2.64. The fraction of sp³-hybridized carbons (Fsp3) is 0.923. The first-order valence-electron chi connectivity index (χ1n) is 6.25. The van der Waals surface area contributed by atoms with Crippen molar-refractivity contribution in [3.8, 4) is 0 Å². The van der Waals surface area contributed by atoms with Crippen molar-refractivity contribution < 1.29 is 4.79 Å². The molecule has 84 valence electrons. The highest BCUT2D eigenvalue weighted by atomic mass is 16.1. The highest BCUT2D eigenvalue weighted by Crippen LogP contribution is 2.68. The fourth-order valence-corrected chi connectivity index (χ4v) is 4.99. The van der Waals surface area contributed by atoms with Crippen molar-refractivity contribution in [2.75, 3.05) is 0 Å². The number of carbonyl (C=O) groups is 1. The van der Waals surface area contributed by atoms with Crippen LogP contribution in [0.15, 0.2) is 0 Å². The summed E-state index contributed by atoms with van der Waals surface area (Å²) in [7, 11) is 0. The Morgan fingerprint density at radius 2 is 1.67 bits per heavy atom. The third-order valence-electron chi connectivity index (χ3n) is 5.90. The largest absolute Gasteiger partial charge is 0.369 e. The SMILES string of the molecule is CC1(C)C2CC3CC(C2)CC1(C(N)=O)C3. The number of rotatable bonds is 1. The summed E-state index contributed by atoms with van der Waals surface area (Å²) in [6.07, 6.45) is 6.20. The molecule has 4 aliphatic carbocycles. The van der Waals surface area contributed by atoms with Crippen LogP contribution in [0.4, 0.5) is 0 Å². The molecule has 2 nitrogen and oxygen atoms in total. The lowest BCUT2D eigenvalue weighted by molar-refractivity contribution is -0.177. The summed E-state index contributed by atoms with van der Waals surface area (Å²) < 4.78 is 0. The predicted molar refractivity (Wildman–Crippen MR) is 59.0 cm³/mol. The minimum absolute atomic E-state index is 0.0217. The maximum absolute atomic E-state index is 11.9. The predicted octanol–water partition coefficient (Wildman–Crippen LogP) is 2.32. The molecule has 0 aromatic heterocycles. The van der Waals surface area contributed by atoms with E-state index >= 15 is 0 Å². The van der Waals surface area contributed by atoms with Gasteiger partial charge in [-0.25, -0.2) is 0 Å². The molecule has 2 heteroatoms. The van der Waals surface area contributed by atoms with Gasteiger partial charge in [-0.1, -0.05) is 13.8 Å². The van der Waals surface area contributed by atoms with Gasteiger partial charge in [0.2, 0.25) is 5.91 Å². The van der Waals surface area contributed by atoms with Gasteiger partial charge in [0, 0.05) is 0 Å². The van der Waals surface area contributed by atoms with Crippen LogP contribution in [0.1, 0.15) is 46.0 Å². The van der Waals surface area contributed by atoms with E-state index in [0.717, 1.165) is 30.6 Å². The van der Waals surface area contributed by atoms with E-state index in [1.54, 1.807) is 0 Å². The Bertz CT molecular complexity index is 306. The normalized spacial score (nSPS) is 50.7. The van der Waals surface area contributed by atoms with Crippen LogP contribution in [0.2, 0.25) is 0 Å². The molecule has 15 heavy (non-hydrogen) atoms. The monoisotopic (exact) mass is 207 g/mol. The van der Waals surface area contributed by atoms with Crippen molar-refractivity contribution in [3.05, 3.63) is 0 Å². The second kappa shape index (κ2) is 2.58. The van der Waals surface area contributed by atoms with Gasteiger partial charge in [0.25, 0.3) is 0 Å². The summed E-state index contributed by atoms with van der Waals surface area (Å²) in [5, 5.41) is 0. The molecule has 4 fully saturated rings. The van der Waals surface area contributed by atoms with Crippen LogP contribution in [-0.2, 0) is 4.79 Å². The topological polar surface area (TPSA) is 43.1 Å². The molecule has 0 aliphatic heterocycles. The van der Waals surface area contributed by atoms with Crippen molar-refractivity contribution in [1.82, 2.24) is 0 Å². The lowest BCUT2D eigenvalue weighted by atomic mass is 9.39. The minimum atomic E-state index is -0.165. The van der Waals surface area contributed by atoms with E-state index in [1.807, 2.05) is 0 Å². The Morgan fingerprint density at radius 1 is 1.13 bits per heavy atom. The van der Waals surface area contributed by atoms with Crippen LogP contribution in [0.25, 0.3) is 0 Å². The summed E-state index contributed by atoms with van der Waals surface area (Å²) in [4.78, 5) is 11.9. The highest BCUT2D eigenvalue weighted by Gasteiger charge is 2.63. The molecule has 0 saturated heterocycles. The highest BCUT2D eigenvalue weighted by molar-refractivity contribution is 5.82. The van der Waals surface area contributed by atoms with Gasteiger partial charge in [0.05, 0.1) is 5.41 Å². The first kappa shape index (κ1) is 9.68. The van der Waals surface area contributed by atoms with Crippen LogP contribution >= 0.6 is 0 Å². The van der Waals surface area contributed by atoms with Crippen LogP contribution < -0.4 is 5.73 Å². The molecule has 1 amide bonds. The summed E-state index contributed by atoms with van der Waals surface area (Å²) in [6, 6.07) is 0. The Morgan fingerprint density at radius 3 is 2.13 bits per heavy atom. The number of amides is 1. The first-order chi connectivity index (χ1) is 6.96. The molecule has 2 atom stereocenters. The van der Waals surface area contributed by atoms with Gasteiger partial charge >= 0.3 is 0 Å². The van der Waals surface area contributed by atoms with Gasteiger partial charge in [-0.2, -0.15) is 0 Å².